The molecule has 0 radical (unpaired) electrons. The Labute approximate surface area is 152 Å². The molecule has 3 atom stereocenters. The molecule has 2 amide bonds. The molecule has 0 aromatic rings. The van der Waals surface area contributed by atoms with Gasteiger partial charge < -0.3 is 21.5 Å². The SMILES string of the molecule is CC(C)C(NC(=O)C(CS)NC(=O)CCC[C@H](N)C(=O)O)S(=O)(=O)O. The highest BCUT2D eigenvalue weighted by atomic mass is 32.2. The lowest BCUT2D eigenvalue weighted by Crippen LogP contribution is -2.53. The maximum Gasteiger partial charge on any atom is 0.320 e. The van der Waals surface area contributed by atoms with Gasteiger partial charge in [0.05, 0.1) is 0 Å². The highest BCUT2D eigenvalue weighted by Gasteiger charge is 2.31. The van der Waals surface area contributed by atoms with E-state index in [-0.39, 0.29) is 25.0 Å². The van der Waals surface area contributed by atoms with Crippen molar-refractivity contribution in [2.75, 3.05) is 5.75 Å². The molecule has 0 heterocycles. The van der Waals surface area contributed by atoms with Gasteiger partial charge in [0.2, 0.25) is 11.8 Å². The lowest BCUT2D eigenvalue weighted by Gasteiger charge is -2.23. The minimum atomic E-state index is -4.50. The van der Waals surface area contributed by atoms with Crippen LogP contribution >= 0.6 is 12.6 Å². The molecule has 0 bridgehead atoms. The van der Waals surface area contributed by atoms with E-state index in [4.69, 9.17) is 15.4 Å². The number of amides is 2. The second kappa shape index (κ2) is 10.6. The topological polar surface area (TPSA) is 176 Å². The molecular formula is C13H25N3O7S2. The molecule has 0 aliphatic rings. The number of carboxylic acid groups (broad SMARTS) is 1. The Kier molecular flexibility index (Phi) is 10.0. The third-order valence-corrected chi connectivity index (χ3v) is 4.95. The molecule has 146 valence electrons. The molecule has 0 aliphatic heterocycles. The highest BCUT2D eigenvalue weighted by molar-refractivity contribution is 7.86. The molecule has 0 aromatic heterocycles. The largest absolute Gasteiger partial charge is 0.480 e. The van der Waals surface area contributed by atoms with Crippen LogP contribution in [0.25, 0.3) is 0 Å². The summed E-state index contributed by atoms with van der Waals surface area (Å²) in [6, 6.07) is -2.18. The summed E-state index contributed by atoms with van der Waals surface area (Å²) in [6.45, 7) is 3.00. The van der Waals surface area contributed by atoms with Crippen molar-refractivity contribution in [3.63, 3.8) is 0 Å². The third kappa shape index (κ3) is 9.05. The minimum absolute atomic E-state index is 0.0511. The number of carboxylic acids is 1. The minimum Gasteiger partial charge on any atom is -0.480 e. The fourth-order valence-electron chi connectivity index (χ4n) is 1.89. The standard InChI is InChI=1S/C13H25N3O7S2/c1-7(2)12(25(21,22)23)16-11(18)9(6-24)15-10(17)5-3-4-8(14)13(19)20/h7-9,12,24H,3-6,14H2,1-2H3,(H,15,17)(H,16,18)(H,19,20)(H,21,22,23)/t8-,9?,12?/m0/s1. The maximum atomic E-state index is 12.1. The van der Waals surface area contributed by atoms with Crippen molar-refractivity contribution < 1.29 is 32.5 Å². The maximum absolute atomic E-state index is 12.1. The quantitative estimate of drug-likeness (QED) is 0.189. The molecule has 0 saturated carbocycles. The van der Waals surface area contributed by atoms with Gasteiger partial charge in [-0.15, -0.1) is 0 Å². The Bertz CT molecular complexity index is 580. The van der Waals surface area contributed by atoms with E-state index in [2.05, 4.69) is 23.3 Å². The zero-order valence-electron chi connectivity index (χ0n) is 14.0. The van der Waals surface area contributed by atoms with Crippen molar-refractivity contribution in [2.45, 2.75) is 50.6 Å². The van der Waals surface area contributed by atoms with Crippen molar-refractivity contribution in [1.29, 1.82) is 0 Å². The molecule has 10 nitrogen and oxygen atoms in total. The van der Waals surface area contributed by atoms with Crippen LogP contribution in [0.5, 0.6) is 0 Å². The van der Waals surface area contributed by atoms with Crippen LogP contribution in [0.2, 0.25) is 0 Å². The number of nitrogens with one attached hydrogen (secondary N) is 2. The second-order valence-electron chi connectivity index (χ2n) is 5.83. The van der Waals surface area contributed by atoms with Gasteiger partial charge in [0.25, 0.3) is 10.1 Å². The Balaban J connectivity index is 4.64. The van der Waals surface area contributed by atoms with Gasteiger partial charge >= 0.3 is 5.97 Å². The van der Waals surface area contributed by atoms with Crippen LogP contribution in [0.15, 0.2) is 0 Å². The number of nitrogens with two attached hydrogens (primary N) is 1. The molecule has 0 rings (SSSR count). The smallest absolute Gasteiger partial charge is 0.320 e. The fourth-order valence-corrected chi connectivity index (χ4v) is 3.10. The van der Waals surface area contributed by atoms with Crippen LogP contribution in [0, 0.1) is 5.92 Å². The van der Waals surface area contributed by atoms with Crippen LogP contribution < -0.4 is 16.4 Å². The first-order chi connectivity index (χ1) is 11.4. The molecule has 0 saturated heterocycles. The van der Waals surface area contributed by atoms with E-state index in [0.29, 0.717) is 0 Å². The van der Waals surface area contributed by atoms with E-state index in [1.807, 2.05) is 0 Å². The van der Waals surface area contributed by atoms with Crippen molar-refractivity contribution in [1.82, 2.24) is 10.6 Å². The zero-order chi connectivity index (χ0) is 19.8. The normalized spacial score (nSPS) is 15.3. The Morgan fingerprint density at radius 2 is 1.76 bits per heavy atom. The lowest BCUT2D eigenvalue weighted by atomic mass is 10.1. The predicted octanol–water partition coefficient (Wildman–Crippen LogP) is -1.03. The number of thiol groups is 1. The first-order valence-corrected chi connectivity index (χ1v) is 9.69. The van der Waals surface area contributed by atoms with E-state index in [1.54, 1.807) is 0 Å². The molecule has 6 N–H and O–H groups in total. The first kappa shape index (κ1) is 23.6. The van der Waals surface area contributed by atoms with Crippen molar-refractivity contribution >= 4 is 40.5 Å². The fraction of sp³-hybridized carbons (Fsp3) is 0.769. The summed E-state index contributed by atoms with van der Waals surface area (Å²) in [6.07, 6.45) is 0.253. The summed E-state index contributed by atoms with van der Waals surface area (Å²) < 4.78 is 31.7. The van der Waals surface area contributed by atoms with Crippen molar-refractivity contribution in [3.05, 3.63) is 0 Å². The Morgan fingerprint density at radius 1 is 1.20 bits per heavy atom. The van der Waals surface area contributed by atoms with Crippen molar-refractivity contribution in [3.8, 4) is 0 Å². The summed E-state index contributed by atoms with van der Waals surface area (Å²) in [4.78, 5) is 34.5. The second-order valence-corrected chi connectivity index (χ2v) is 7.73. The number of rotatable bonds is 11. The number of aliphatic carboxylic acids is 1. The molecule has 0 fully saturated rings. The summed E-state index contributed by atoms with van der Waals surface area (Å²) in [5.74, 6) is -3.19. The van der Waals surface area contributed by atoms with Gasteiger partial charge in [-0.05, 0) is 18.8 Å². The van der Waals surface area contributed by atoms with Crippen LogP contribution in [-0.4, -0.2) is 59.1 Å². The molecule has 0 aromatic carbocycles. The van der Waals surface area contributed by atoms with Crippen LogP contribution in [0.4, 0.5) is 0 Å². The average Bonchev–Trinajstić information content (AvgIpc) is 2.48. The van der Waals surface area contributed by atoms with E-state index >= 15 is 0 Å². The summed E-state index contributed by atoms with van der Waals surface area (Å²) in [5.41, 5.74) is 5.31. The van der Waals surface area contributed by atoms with Gasteiger partial charge in [0.1, 0.15) is 12.1 Å². The van der Waals surface area contributed by atoms with Gasteiger partial charge in [-0.3, -0.25) is 18.9 Å². The molecule has 2 unspecified atom stereocenters. The van der Waals surface area contributed by atoms with Gasteiger partial charge in [0, 0.05) is 12.2 Å². The van der Waals surface area contributed by atoms with Crippen molar-refractivity contribution in [2.24, 2.45) is 11.7 Å². The van der Waals surface area contributed by atoms with Crippen LogP contribution in [-0.2, 0) is 24.5 Å². The lowest BCUT2D eigenvalue weighted by molar-refractivity contribution is -0.138. The summed E-state index contributed by atoms with van der Waals surface area (Å²) >= 11 is 3.94. The molecule has 0 spiro atoms. The van der Waals surface area contributed by atoms with Gasteiger partial charge in [-0.1, -0.05) is 13.8 Å². The van der Waals surface area contributed by atoms with E-state index in [0.717, 1.165) is 0 Å². The van der Waals surface area contributed by atoms with Crippen LogP contribution in [0.3, 0.4) is 0 Å². The molecular weight excluding hydrogens is 374 g/mol. The average molecular weight is 399 g/mol. The van der Waals surface area contributed by atoms with Gasteiger partial charge in [0.15, 0.2) is 5.37 Å². The Hall–Kier alpha value is -1.37. The summed E-state index contributed by atoms with van der Waals surface area (Å²) in [5, 5.41) is 11.7. The first-order valence-electron chi connectivity index (χ1n) is 7.55. The molecule has 12 heteroatoms. The number of hydrogen-bond donors (Lipinski definition) is 6. The predicted molar refractivity (Wildman–Crippen MR) is 93.6 cm³/mol. The zero-order valence-corrected chi connectivity index (χ0v) is 15.7. The van der Waals surface area contributed by atoms with E-state index in [1.165, 1.54) is 13.8 Å². The number of hydrogen-bond acceptors (Lipinski definition) is 7. The van der Waals surface area contributed by atoms with E-state index < -0.39 is 51.3 Å². The van der Waals surface area contributed by atoms with E-state index in [9.17, 15) is 22.8 Å². The number of carbonyl (C=O) groups is 3. The van der Waals surface area contributed by atoms with Crippen LogP contribution in [0.1, 0.15) is 33.1 Å². The summed E-state index contributed by atoms with van der Waals surface area (Å²) in [7, 11) is -4.50. The third-order valence-electron chi connectivity index (χ3n) is 3.28. The molecule has 25 heavy (non-hydrogen) atoms. The highest BCUT2D eigenvalue weighted by Crippen LogP contribution is 2.08. The van der Waals surface area contributed by atoms with Gasteiger partial charge in [-0.25, -0.2) is 0 Å². The monoisotopic (exact) mass is 399 g/mol. The van der Waals surface area contributed by atoms with Gasteiger partial charge in [-0.2, -0.15) is 21.0 Å². The number of carbonyl (C=O) groups excluding carboxylic acids is 2. The Morgan fingerprint density at radius 3 is 2.16 bits per heavy atom. The molecule has 0 aliphatic carbocycles.